The summed E-state index contributed by atoms with van der Waals surface area (Å²) in [6, 6.07) is 17.0. The Morgan fingerprint density at radius 1 is 1.17 bits per heavy atom. The first-order chi connectivity index (χ1) is 11.2. The van der Waals surface area contributed by atoms with E-state index in [0.29, 0.717) is 5.76 Å². The van der Waals surface area contributed by atoms with Crippen molar-refractivity contribution in [3.8, 4) is 28.3 Å². The van der Waals surface area contributed by atoms with E-state index in [0.717, 1.165) is 28.1 Å². The lowest BCUT2D eigenvalue weighted by Gasteiger charge is -2.03. The van der Waals surface area contributed by atoms with E-state index in [1.54, 1.807) is 7.11 Å². The molecule has 0 atom stereocenters. The quantitative estimate of drug-likeness (QED) is 0.785. The van der Waals surface area contributed by atoms with Gasteiger partial charge in [0.1, 0.15) is 11.4 Å². The van der Waals surface area contributed by atoms with Crippen LogP contribution in [0.2, 0.25) is 0 Å². The number of carbonyl (C=O) groups excluding carboxylic acids is 1. The van der Waals surface area contributed by atoms with E-state index in [1.807, 2.05) is 54.6 Å². The van der Waals surface area contributed by atoms with Crippen LogP contribution in [0.25, 0.3) is 22.6 Å². The van der Waals surface area contributed by atoms with Crippen LogP contribution in [0.4, 0.5) is 0 Å². The van der Waals surface area contributed by atoms with Gasteiger partial charge in [-0.05, 0) is 17.7 Å². The van der Waals surface area contributed by atoms with Gasteiger partial charge in [-0.3, -0.25) is 4.79 Å². The number of rotatable bonds is 5. The van der Waals surface area contributed by atoms with Crippen molar-refractivity contribution in [3.05, 3.63) is 60.2 Å². The second kappa shape index (κ2) is 6.36. The SMILES string of the molecule is COc1ccccc1-c1cc(-c2ccc(CC(N)=O)cc2)no1. The number of nitrogens with two attached hydrogens (primary N) is 1. The molecule has 0 radical (unpaired) electrons. The van der Waals surface area contributed by atoms with Crippen molar-refractivity contribution in [2.24, 2.45) is 5.73 Å². The maximum absolute atomic E-state index is 10.9. The Kier molecular flexibility index (Phi) is 4.10. The van der Waals surface area contributed by atoms with Crippen molar-refractivity contribution >= 4 is 5.91 Å². The number of carbonyl (C=O) groups is 1. The molecule has 0 aliphatic heterocycles. The Hall–Kier alpha value is -3.08. The zero-order valence-electron chi connectivity index (χ0n) is 12.7. The highest BCUT2D eigenvalue weighted by Gasteiger charge is 2.12. The lowest BCUT2D eigenvalue weighted by atomic mass is 10.1. The molecule has 1 heterocycles. The number of methoxy groups -OCH3 is 1. The molecule has 1 aromatic heterocycles. The average Bonchev–Trinajstić information content (AvgIpc) is 3.05. The maximum Gasteiger partial charge on any atom is 0.221 e. The molecule has 3 aromatic rings. The molecule has 2 N–H and O–H groups in total. The Morgan fingerprint density at radius 3 is 2.61 bits per heavy atom. The molecule has 116 valence electrons. The maximum atomic E-state index is 10.9. The summed E-state index contributed by atoms with van der Waals surface area (Å²) in [5.41, 5.74) is 8.53. The van der Waals surface area contributed by atoms with Crippen molar-refractivity contribution in [2.45, 2.75) is 6.42 Å². The summed E-state index contributed by atoms with van der Waals surface area (Å²) in [6.07, 6.45) is 0.228. The minimum absolute atomic E-state index is 0.228. The topological polar surface area (TPSA) is 78.4 Å². The summed E-state index contributed by atoms with van der Waals surface area (Å²) in [5, 5.41) is 4.11. The molecule has 0 saturated heterocycles. The van der Waals surface area contributed by atoms with E-state index in [4.69, 9.17) is 15.0 Å². The number of para-hydroxylation sites is 1. The van der Waals surface area contributed by atoms with Crippen molar-refractivity contribution in [1.29, 1.82) is 0 Å². The van der Waals surface area contributed by atoms with Crippen LogP contribution in [0.5, 0.6) is 5.75 Å². The standard InChI is InChI=1S/C18H16N2O3/c1-22-16-5-3-2-4-14(16)17-11-15(20-23-17)13-8-6-12(7-9-13)10-18(19)21/h2-9,11H,10H2,1H3,(H2,19,21). The average molecular weight is 308 g/mol. The highest BCUT2D eigenvalue weighted by molar-refractivity contribution is 5.77. The fourth-order valence-electron chi connectivity index (χ4n) is 2.38. The Bertz CT molecular complexity index is 822. The number of nitrogens with zero attached hydrogens (tertiary/aromatic N) is 1. The molecule has 0 fully saturated rings. The van der Waals surface area contributed by atoms with E-state index in [-0.39, 0.29) is 12.3 Å². The number of primary amides is 1. The fourth-order valence-corrected chi connectivity index (χ4v) is 2.38. The van der Waals surface area contributed by atoms with Crippen LogP contribution in [-0.2, 0) is 11.2 Å². The van der Waals surface area contributed by atoms with Gasteiger partial charge in [0.15, 0.2) is 5.76 Å². The second-order valence-corrected chi connectivity index (χ2v) is 5.12. The van der Waals surface area contributed by atoms with Gasteiger partial charge >= 0.3 is 0 Å². The first-order valence-electron chi connectivity index (χ1n) is 7.15. The largest absolute Gasteiger partial charge is 0.496 e. The van der Waals surface area contributed by atoms with Crippen LogP contribution < -0.4 is 10.5 Å². The molecule has 5 heteroatoms. The Morgan fingerprint density at radius 2 is 1.91 bits per heavy atom. The van der Waals surface area contributed by atoms with Crippen molar-refractivity contribution in [1.82, 2.24) is 5.16 Å². The zero-order chi connectivity index (χ0) is 16.2. The molecule has 5 nitrogen and oxygen atoms in total. The number of hydrogen-bond donors (Lipinski definition) is 1. The first kappa shape index (κ1) is 14.8. The van der Waals surface area contributed by atoms with Crippen LogP contribution in [0, 0.1) is 0 Å². The Balaban J connectivity index is 1.88. The molecule has 0 saturated carbocycles. The van der Waals surface area contributed by atoms with Gasteiger partial charge in [0.25, 0.3) is 0 Å². The van der Waals surface area contributed by atoms with Gasteiger partial charge in [0, 0.05) is 11.6 Å². The van der Waals surface area contributed by atoms with Crippen LogP contribution in [0.1, 0.15) is 5.56 Å². The van der Waals surface area contributed by atoms with Gasteiger partial charge in [0.05, 0.1) is 19.1 Å². The third-order valence-electron chi connectivity index (χ3n) is 3.51. The predicted molar refractivity (Wildman–Crippen MR) is 86.8 cm³/mol. The molecule has 0 bridgehead atoms. The van der Waals surface area contributed by atoms with E-state index in [9.17, 15) is 4.79 Å². The number of hydrogen-bond acceptors (Lipinski definition) is 4. The number of aromatic nitrogens is 1. The summed E-state index contributed by atoms with van der Waals surface area (Å²) < 4.78 is 10.8. The van der Waals surface area contributed by atoms with Crippen LogP contribution in [0.15, 0.2) is 59.1 Å². The van der Waals surface area contributed by atoms with Gasteiger partial charge in [-0.2, -0.15) is 0 Å². The van der Waals surface area contributed by atoms with Gasteiger partial charge in [0.2, 0.25) is 5.91 Å². The van der Waals surface area contributed by atoms with E-state index < -0.39 is 0 Å². The van der Waals surface area contributed by atoms with Crippen molar-refractivity contribution < 1.29 is 14.1 Å². The van der Waals surface area contributed by atoms with Crippen molar-refractivity contribution in [2.75, 3.05) is 7.11 Å². The molecule has 0 aliphatic carbocycles. The summed E-state index contributed by atoms with van der Waals surface area (Å²) in [4.78, 5) is 10.9. The highest BCUT2D eigenvalue weighted by atomic mass is 16.5. The third kappa shape index (κ3) is 3.23. The van der Waals surface area contributed by atoms with Crippen molar-refractivity contribution in [3.63, 3.8) is 0 Å². The molecule has 0 aliphatic rings. The normalized spacial score (nSPS) is 10.5. The first-order valence-corrected chi connectivity index (χ1v) is 7.15. The summed E-state index contributed by atoms with van der Waals surface area (Å²) in [6.45, 7) is 0. The lowest BCUT2D eigenvalue weighted by molar-refractivity contribution is -0.117. The number of amides is 1. The van der Waals surface area contributed by atoms with E-state index in [1.165, 1.54) is 0 Å². The highest BCUT2D eigenvalue weighted by Crippen LogP contribution is 2.32. The predicted octanol–water partition coefficient (Wildman–Crippen LogP) is 3.05. The van der Waals surface area contributed by atoms with Crippen LogP contribution >= 0.6 is 0 Å². The fraction of sp³-hybridized carbons (Fsp3) is 0.111. The smallest absolute Gasteiger partial charge is 0.221 e. The summed E-state index contributed by atoms with van der Waals surface area (Å²) in [5.74, 6) is 1.02. The second-order valence-electron chi connectivity index (χ2n) is 5.12. The minimum atomic E-state index is -0.349. The number of benzene rings is 2. The van der Waals surface area contributed by atoms with Gasteiger partial charge in [-0.15, -0.1) is 0 Å². The summed E-state index contributed by atoms with van der Waals surface area (Å²) >= 11 is 0. The molecule has 2 aromatic carbocycles. The van der Waals surface area contributed by atoms with Crippen LogP contribution in [0.3, 0.4) is 0 Å². The summed E-state index contributed by atoms with van der Waals surface area (Å²) in [7, 11) is 1.62. The molecule has 23 heavy (non-hydrogen) atoms. The zero-order valence-corrected chi connectivity index (χ0v) is 12.7. The van der Waals surface area contributed by atoms with Crippen LogP contribution in [-0.4, -0.2) is 18.2 Å². The lowest BCUT2D eigenvalue weighted by Crippen LogP contribution is -2.13. The van der Waals surface area contributed by atoms with Gasteiger partial charge < -0.3 is 15.0 Å². The van der Waals surface area contributed by atoms with E-state index >= 15 is 0 Å². The van der Waals surface area contributed by atoms with Gasteiger partial charge in [-0.1, -0.05) is 41.6 Å². The molecule has 0 spiro atoms. The molecular formula is C18H16N2O3. The third-order valence-corrected chi connectivity index (χ3v) is 3.51. The monoisotopic (exact) mass is 308 g/mol. The van der Waals surface area contributed by atoms with Gasteiger partial charge in [-0.25, -0.2) is 0 Å². The molecule has 1 amide bonds. The number of ether oxygens (including phenoxy) is 1. The van der Waals surface area contributed by atoms with E-state index in [2.05, 4.69) is 5.16 Å². The minimum Gasteiger partial charge on any atom is -0.496 e. The molecule has 0 unspecified atom stereocenters. The molecular weight excluding hydrogens is 292 g/mol. The Labute approximate surface area is 133 Å². The molecule has 3 rings (SSSR count).